The number of aromatic nitrogens is 1. The van der Waals surface area contributed by atoms with Gasteiger partial charge in [-0.3, -0.25) is 0 Å². The smallest absolute Gasteiger partial charge is 0.140 e. The van der Waals surface area contributed by atoms with Crippen LogP contribution in [0.15, 0.2) is 23.6 Å². The van der Waals surface area contributed by atoms with Gasteiger partial charge in [-0.1, -0.05) is 44.6 Å². The summed E-state index contributed by atoms with van der Waals surface area (Å²) in [4.78, 5) is 4.88. The predicted octanol–water partition coefficient (Wildman–Crippen LogP) is 4.31. The molecule has 3 nitrogen and oxygen atoms in total. The molecule has 0 bridgehead atoms. The predicted molar refractivity (Wildman–Crippen MR) is 92.5 cm³/mol. The standard InChI is InChI=1S/C15H17ClN2OS2/c1-15(2,3)12-8-21-13(18-12)7-19-11-6-9(16)4-5-10(11)14(17)20/h4-6,8H,7H2,1-3H3,(H2,17,20). The maximum Gasteiger partial charge on any atom is 0.140 e. The van der Waals surface area contributed by atoms with Crippen molar-refractivity contribution in [2.45, 2.75) is 32.8 Å². The number of nitrogens with two attached hydrogens (primary N) is 1. The number of hydrogen-bond acceptors (Lipinski definition) is 4. The molecule has 1 aromatic carbocycles. The van der Waals surface area contributed by atoms with Crippen molar-refractivity contribution in [3.63, 3.8) is 0 Å². The van der Waals surface area contributed by atoms with Crippen LogP contribution in [0.25, 0.3) is 0 Å². The van der Waals surface area contributed by atoms with Gasteiger partial charge in [-0.05, 0) is 18.2 Å². The van der Waals surface area contributed by atoms with Crippen LogP contribution in [0.1, 0.15) is 37.0 Å². The lowest BCUT2D eigenvalue weighted by atomic mass is 9.93. The van der Waals surface area contributed by atoms with E-state index in [1.165, 1.54) is 0 Å². The second-order valence-electron chi connectivity index (χ2n) is 5.67. The molecule has 0 unspecified atom stereocenters. The molecule has 2 rings (SSSR count). The van der Waals surface area contributed by atoms with Crippen molar-refractivity contribution < 1.29 is 4.74 Å². The third-order valence-electron chi connectivity index (χ3n) is 2.88. The number of thiazole rings is 1. The highest BCUT2D eigenvalue weighted by molar-refractivity contribution is 7.80. The summed E-state index contributed by atoms with van der Waals surface area (Å²) < 4.78 is 5.79. The van der Waals surface area contributed by atoms with E-state index >= 15 is 0 Å². The van der Waals surface area contributed by atoms with Crippen LogP contribution in [0.3, 0.4) is 0 Å². The molecule has 0 aliphatic rings. The lowest BCUT2D eigenvalue weighted by Crippen LogP contribution is -2.12. The van der Waals surface area contributed by atoms with Crippen molar-refractivity contribution in [3.05, 3.63) is 44.9 Å². The topological polar surface area (TPSA) is 48.1 Å². The highest BCUT2D eigenvalue weighted by Gasteiger charge is 2.17. The van der Waals surface area contributed by atoms with E-state index in [0.717, 1.165) is 10.7 Å². The summed E-state index contributed by atoms with van der Waals surface area (Å²) in [7, 11) is 0. The second kappa shape index (κ2) is 6.30. The monoisotopic (exact) mass is 340 g/mol. The molecule has 0 spiro atoms. The number of thiocarbonyl (C=S) groups is 1. The highest BCUT2D eigenvalue weighted by atomic mass is 35.5. The SMILES string of the molecule is CC(C)(C)c1csc(COc2cc(Cl)ccc2C(N)=S)n1. The summed E-state index contributed by atoms with van der Waals surface area (Å²) in [5.74, 6) is 0.586. The fourth-order valence-corrected chi connectivity index (χ4v) is 2.94. The zero-order valence-corrected chi connectivity index (χ0v) is 14.5. The van der Waals surface area contributed by atoms with Gasteiger partial charge in [0, 0.05) is 15.8 Å². The molecule has 0 amide bonds. The van der Waals surface area contributed by atoms with Crippen LogP contribution in [0.4, 0.5) is 0 Å². The van der Waals surface area contributed by atoms with Gasteiger partial charge in [-0.2, -0.15) is 0 Å². The van der Waals surface area contributed by atoms with E-state index in [0.29, 0.717) is 22.9 Å². The molecule has 0 saturated heterocycles. The van der Waals surface area contributed by atoms with E-state index in [-0.39, 0.29) is 10.4 Å². The zero-order chi connectivity index (χ0) is 15.6. The maximum atomic E-state index is 5.99. The summed E-state index contributed by atoms with van der Waals surface area (Å²) in [5, 5.41) is 3.55. The quantitative estimate of drug-likeness (QED) is 0.843. The van der Waals surface area contributed by atoms with E-state index in [1.807, 2.05) is 0 Å². The number of benzene rings is 1. The van der Waals surface area contributed by atoms with Gasteiger partial charge >= 0.3 is 0 Å². The fraction of sp³-hybridized carbons (Fsp3) is 0.333. The fourth-order valence-electron chi connectivity index (χ4n) is 1.68. The third kappa shape index (κ3) is 4.15. The lowest BCUT2D eigenvalue weighted by molar-refractivity contribution is 0.304. The van der Waals surface area contributed by atoms with E-state index in [1.54, 1.807) is 29.5 Å². The van der Waals surface area contributed by atoms with Crippen molar-refractivity contribution in [2.75, 3.05) is 0 Å². The Balaban J connectivity index is 2.15. The minimum Gasteiger partial charge on any atom is -0.486 e. The molecule has 0 atom stereocenters. The van der Waals surface area contributed by atoms with E-state index in [2.05, 4.69) is 31.1 Å². The molecule has 0 aliphatic carbocycles. The molecule has 1 aromatic heterocycles. The van der Waals surface area contributed by atoms with E-state index in [9.17, 15) is 0 Å². The van der Waals surface area contributed by atoms with Gasteiger partial charge in [0.15, 0.2) is 0 Å². The number of nitrogens with zero attached hydrogens (tertiary/aromatic N) is 1. The summed E-state index contributed by atoms with van der Waals surface area (Å²) in [6.07, 6.45) is 0. The molecule has 0 fully saturated rings. The van der Waals surface area contributed by atoms with Crippen molar-refractivity contribution in [2.24, 2.45) is 5.73 Å². The molecular weight excluding hydrogens is 324 g/mol. The van der Waals surface area contributed by atoms with Crippen molar-refractivity contribution in [1.29, 1.82) is 0 Å². The summed E-state index contributed by atoms with van der Waals surface area (Å²) in [5.41, 5.74) is 7.47. The maximum absolute atomic E-state index is 5.99. The molecule has 0 saturated carbocycles. The zero-order valence-electron chi connectivity index (χ0n) is 12.1. The average molecular weight is 341 g/mol. The van der Waals surface area contributed by atoms with Crippen LogP contribution in [0, 0.1) is 0 Å². The minimum absolute atomic E-state index is 0.0365. The Morgan fingerprint density at radius 2 is 2.14 bits per heavy atom. The van der Waals surface area contributed by atoms with Crippen LogP contribution >= 0.6 is 35.2 Å². The van der Waals surface area contributed by atoms with Gasteiger partial charge in [-0.25, -0.2) is 4.98 Å². The Kier molecular flexibility index (Phi) is 4.86. The summed E-state index contributed by atoms with van der Waals surface area (Å²) in [6, 6.07) is 5.22. The van der Waals surface area contributed by atoms with Gasteiger partial charge in [-0.15, -0.1) is 11.3 Å². The Bertz CT molecular complexity index is 662. The van der Waals surface area contributed by atoms with Gasteiger partial charge < -0.3 is 10.5 Å². The Hall–Kier alpha value is -1.17. The van der Waals surface area contributed by atoms with Crippen LogP contribution in [-0.2, 0) is 12.0 Å². The lowest BCUT2D eigenvalue weighted by Gasteiger charge is -2.14. The van der Waals surface area contributed by atoms with Gasteiger partial charge in [0.25, 0.3) is 0 Å². The summed E-state index contributed by atoms with van der Waals surface area (Å²) in [6.45, 7) is 6.77. The normalized spacial score (nSPS) is 11.4. The van der Waals surface area contributed by atoms with Gasteiger partial charge in [0.2, 0.25) is 0 Å². The first-order valence-electron chi connectivity index (χ1n) is 6.44. The molecule has 6 heteroatoms. The average Bonchev–Trinajstić information content (AvgIpc) is 2.84. The first kappa shape index (κ1) is 16.2. The van der Waals surface area contributed by atoms with E-state index < -0.39 is 0 Å². The molecule has 0 aliphatic heterocycles. The number of halogens is 1. The first-order valence-corrected chi connectivity index (χ1v) is 8.11. The van der Waals surface area contributed by atoms with Gasteiger partial charge in [0.05, 0.1) is 11.3 Å². The summed E-state index contributed by atoms with van der Waals surface area (Å²) >= 11 is 12.6. The largest absolute Gasteiger partial charge is 0.486 e. The molecule has 21 heavy (non-hydrogen) atoms. The molecule has 1 heterocycles. The van der Waals surface area contributed by atoms with Gasteiger partial charge in [0.1, 0.15) is 22.4 Å². The van der Waals surface area contributed by atoms with Crippen LogP contribution in [0.5, 0.6) is 5.75 Å². The van der Waals surface area contributed by atoms with Crippen molar-refractivity contribution in [3.8, 4) is 5.75 Å². The molecule has 2 N–H and O–H groups in total. The minimum atomic E-state index is 0.0365. The molecular formula is C15H17ClN2OS2. The second-order valence-corrected chi connectivity index (χ2v) is 7.49. The number of rotatable bonds is 4. The molecule has 112 valence electrons. The highest BCUT2D eigenvalue weighted by Crippen LogP contribution is 2.27. The van der Waals surface area contributed by atoms with Crippen LogP contribution in [0.2, 0.25) is 5.02 Å². The van der Waals surface area contributed by atoms with Crippen molar-refractivity contribution in [1.82, 2.24) is 4.98 Å². The van der Waals surface area contributed by atoms with Crippen LogP contribution < -0.4 is 10.5 Å². The Morgan fingerprint density at radius 3 is 2.71 bits per heavy atom. The Labute approximate surface area is 139 Å². The van der Waals surface area contributed by atoms with Crippen molar-refractivity contribution >= 4 is 40.1 Å². The molecule has 0 radical (unpaired) electrons. The molecule has 2 aromatic rings. The first-order chi connectivity index (χ1) is 9.77. The number of hydrogen-bond donors (Lipinski definition) is 1. The Morgan fingerprint density at radius 1 is 1.43 bits per heavy atom. The van der Waals surface area contributed by atoms with E-state index in [4.69, 9.17) is 34.3 Å². The number of ether oxygens (including phenoxy) is 1. The van der Waals surface area contributed by atoms with Crippen LogP contribution in [-0.4, -0.2) is 9.97 Å². The third-order valence-corrected chi connectivity index (χ3v) is 4.16.